The van der Waals surface area contributed by atoms with Crippen LogP contribution in [-0.4, -0.2) is 50.5 Å². The monoisotopic (exact) mass is 264 g/mol. The van der Waals surface area contributed by atoms with Crippen molar-refractivity contribution in [3.05, 3.63) is 11.6 Å². The second-order valence-electron chi connectivity index (χ2n) is 5.75. The van der Waals surface area contributed by atoms with Gasteiger partial charge in [0.2, 0.25) is 0 Å². The summed E-state index contributed by atoms with van der Waals surface area (Å²) in [5, 5.41) is 14.1. The molecule has 0 aliphatic carbocycles. The summed E-state index contributed by atoms with van der Waals surface area (Å²) in [7, 11) is 0. The molecule has 2 unspecified atom stereocenters. The maximum absolute atomic E-state index is 9.41. The topological polar surface area (TPSA) is 54.2 Å². The van der Waals surface area contributed by atoms with Crippen molar-refractivity contribution >= 4 is 0 Å². The summed E-state index contributed by atoms with van der Waals surface area (Å²) in [4.78, 5) is 7.23. The molecule has 2 atom stereocenters. The minimum absolute atomic E-state index is 0.149. The zero-order valence-corrected chi connectivity index (χ0v) is 11.8. The van der Waals surface area contributed by atoms with Crippen LogP contribution in [-0.2, 0) is 12.8 Å². The highest BCUT2D eigenvalue weighted by Crippen LogP contribution is 2.24. The van der Waals surface area contributed by atoms with E-state index in [1.807, 2.05) is 4.68 Å². The predicted octanol–water partition coefficient (Wildman–Crippen LogP) is 1.17. The molecule has 1 aromatic heterocycles. The van der Waals surface area contributed by atoms with E-state index in [1.54, 1.807) is 0 Å². The highest BCUT2D eigenvalue weighted by molar-refractivity contribution is 5.01. The summed E-state index contributed by atoms with van der Waals surface area (Å²) >= 11 is 0. The van der Waals surface area contributed by atoms with Crippen LogP contribution in [0.5, 0.6) is 0 Å². The fourth-order valence-electron chi connectivity index (χ4n) is 3.49. The number of likely N-dealkylation sites (N-methyl/N-ethyl adjacent to an activating group) is 1. The Balaban J connectivity index is 1.74. The van der Waals surface area contributed by atoms with E-state index in [2.05, 4.69) is 16.9 Å². The van der Waals surface area contributed by atoms with Crippen LogP contribution in [0.15, 0.2) is 0 Å². The zero-order chi connectivity index (χ0) is 13.2. The molecule has 2 aliphatic rings. The summed E-state index contributed by atoms with van der Waals surface area (Å²) in [5.74, 6) is 2.04. The zero-order valence-electron chi connectivity index (χ0n) is 11.8. The number of hydrogen-bond donors (Lipinski definition) is 1. The number of aliphatic hydroxyl groups is 1. The van der Waals surface area contributed by atoms with Crippen LogP contribution < -0.4 is 0 Å². The average Bonchev–Trinajstić information content (AvgIpc) is 3.04. The van der Waals surface area contributed by atoms with Crippen molar-refractivity contribution in [2.75, 3.05) is 19.7 Å². The van der Waals surface area contributed by atoms with Crippen LogP contribution in [0, 0.1) is 0 Å². The van der Waals surface area contributed by atoms with Crippen molar-refractivity contribution in [3.8, 4) is 0 Å². The van der Waals surface area contributed by atoms with Gasteiger partial charge in [0.25, 0.3) is 0 Å². The van der Waals surface area contributed by atoms with Gasteiger partial charge in [-0.15, -0.1) is 0 Å². The van der Waals surface area contributed by atoms with E-state index in [4.69, 9.17) is 4.98 Å². The summed E-state index contributed by atoms with van der Waals surface area (Å²) in [5.41, 5.74) is 0. The Kier molecular flexibility index (Phi) is 3.84. The lowest BCUT2D eigenvalue weighted by Gasteiger charge is -2.21. The van der Waals surface area contributed by atoms with E-state index < -0.39 is 0 Å². The number of likely N-dealkylation sites (tertiary alicyclic amines) is 1. The van der Waals surface area contributed by atoms with Gasteiger partial charge in [0.15, 0.2) is 5.82 Å². The molecular formula is C14H24N4O. The molecule has 3 heterocycles. The third kappa shape index (κ3) is 2.54. The summed E-state index contributed by atoms with van der Waals surface area (Å²) < 4.78 is 1.98. The first-order valence-corrected chi connectivity index (χ1v) is 7.61. The third-order valence-corrected chi connectivity index (χ3v) is 4.56. The van der Waals surface area contributed by atoms with Crippen molar-refractivity contribution in [2.24, 2.45) is 0 Å². The average molecular weight is 264 g/mol. The van der Waals surface area contributed by atoms with Gasteiger partial charge in [0.1, 0.15) is 5.82 Å². The van der Waals surface area contributed by atoms with Crippen LogP contribution in [0.4, 0.5) is 0 Å². The molecule has 1 fully saturated rings. The molecule has 19 heavy (non-hydrogen) atoms. The van der Waals surface area contributed by atoms with Crippen LogP contribution in [0.1, 0.15) is 50.3 Å². The van der Waals surface area contributed by atoms with Gasteiger partial charge in [-0.25, -0.2) is 9.67 Å². The van der Waals surface area contributed by atoms with Crippen molar-refractivity contribution in [2.45, 2.75) is 57.5 Å². The van der Waals surface area contributed by atoms with Gasteiger partial charge in [-0.2, -0.15) is 5.10 Å². The molecule has 5 heteroatoms. The maximum Gasteiger partial charge on any atom is 0.152 e. The standard InChI is InChI=1S/C14H24N4O/c1-2-17-8-4-6-11(17)9-13-15-14-7-3-5-12(10-19)18(14)16-13/h11-12,19H,2-10H2,1H3. The predicted molar refractivity (Wildman–Crippen MR) is 73.1 cm³/mol. The molecule has 0 amide bonds. The molecule has 0 aromatic carbocycles. The van der Waals surface area contributed by atoms with E-state index >= 15 is 0 Å². The van der Waals surface area contributed by atoms with Crippen LogP contribution in [0.2, 0.25) is 0 Å². The van der Waals surface area contributed by atoms with Gasteiger partial charge in [0, 0.05) is 18.9 Å². The third-order valence-electron chi connectivity index (χ3n) is 4.56. The van der Waals surface area contributed by atoms with Gasteiger partial charge in [0.05, 0.1) is 12.6 Å². The minimum Gasteiger partial charge on any atom is -0.394 e. The van der Waals surface area contributed by atoms with Crippen LogP contribution in [0.25, 0.3) is 0 Å². The highest BCUT2D eigenvalue weighted by atomic mass is 16.3. The van der Waals surface area contributed by atoms with Crippen LogP contribution >= 0.6 is 0 Å². The molecule has 0 saturated carbocycles. The summed E-state index contributed by atoms with van der Waals surface area (Å²) in [6, 6.07) is 0.762. The van der Waals surface area contributed by atoms with Crippen molar-refractivity contribution in [1.82, 2.24) is 19.7 Å². The van der Waals surface area contributed by atoms with Crippen LogP contribution in [0.3, 0.4) is 0 Å². The minimum atomic E-state index is 0.149. The fraction of sp³-hybridized carbons (Fsp3) is 0.857. The van der Waals surface area contributed by atoms with E-state index in [-0.39, 0.29) is 12.6 Å². The highest BCUT2D eigenvalue weighted by Gasteiger charge is 2.27. The Bertz CT molecular complexity index is 431. The molecule has 2 aliphatic heterocycles. The van der Waals surface area contributed by atoms with Crippen molar-refractivity contribution in [3.63, 3.8) is 0 Å². The summed E-state index contributed by atoms with van der Waals surface area (Å²) in [6.07, 6.45) is 6.68. The molecule has 3 rings (SSSR count). The lowest BCUT2D eigenvalue weighted by molar-refractivity contribution is 0.194. The lowest BCUT2D eigenvalue weighted by Crippen LogP contribution is -2.31. The van der Waals surface area contributed by atoms with E-state index in [0.29, 0.717) is 6.04 Å². The van der Waals surface area contributed by atoms with Crippen molar-refractivity contribution < 1.29 is 5.11 Å². The number of aryl methyl sites for hydroxylation is 1. The maximum atomic E-state index is 9.41. The Labute approximate surface area is 114 Å². The Morgan fingerprint density at radius 2 is 2.11 bits per heavy atom. The SMILES string of the molecule is CCN1CCCC1Cc1nc2n(n1)C(CO)CCC2. The Morgan fingerprint density at radius 1 is 1.26 bits per heavy atom. The molecule has 0 spiro atoms. The first-order chi connectivity index (χ1) is 9.31. The van der Waals surface area contributed by atoms with Gasteiger partial charge in [-0.05, 0) is 38.8 Å². The van der Waals surface area contributed by atoms with Gasteiger partial charge in [-0.3, -0.25) is 0 Å². The number of aliphatic hydroxyl groups excluding tert-OH is 1. The number of aromatic nitrogens is 3. The number of fused-ring (bicyclic) bond motifs is 1. The smallest absolute Gasteiger partial charge is 0.152 e. The second kappa shape index (κ2) is 5.59. The molecule has 0 bridgehead atoms. The molecule has 5 nitrogen and oxygen atoms in total. The molecular weight excluding hydrogens is 240 g/mol. The fourth-order valence-corrected chi connectivity index (χ4v) is 3.49. The Hall–Kier alpha value is -0.940. The van der Waals surface area contributed by atoms with Crippen molar-refractivity contribution in [1.29, 1.82) is 0 Å². The molecule has 0 radical (unpaired) electrons. The lowest BCUT2D eigenvalue weighted by atomic mass is 10.1. The van der Waals surface area contributed by atoms with Gasteiger partial charge in [-0.1, -0.05) is 6.92 Å². The molecule has 106 valence electrons. The quantitative estimate of drug-likeness (QED) is 0.887. The molecule has 1 aromatic rings. The van der Waals surface area contributed by atoms with E-state index in [9.17, 15) is 5.11 Å². The van der Waals surface area contributed by atoms with E-state index in [0.717, 1.165) is 43.9 Å². The Morgan fingerprint density at radius 3 is 2.89 bits per heavy atom. The second-order valence-corrected chi connectivity index (χ2v) is 5.75. The number of hydrogen-bond acceptors (Lipinski definition) is 4. The number of rotatable bonds is 4. The van der Waals surface area contributed by atoms with E-state index in [1.165, 1.54) is 19.4 Å². The first kappa shape index (κ1) is 13.1. The summed E-state index contributed by atoms with van der Waals surface area (Å²) in [6.45, 7) is 4.75. The normalized spacial score (nSPS) is 27.7. The number of nitrogens with zero attached hydrogens (tertiary/aromatic N) is 4. The largest absolute Gasteiger partial charge is 0.394 e. The van der Waals surface area contributed by atoms with Gasteiger partial charge < -0.3 is 10.0 Å². The molecule has 1 saturated heterocycles. The first-order valence-electron chi connectivity index (χ1n) is 7.61. The van der Waals surface area contributed by atoms with Gasteiger partial charge >= 0.3 is 0 Å². The molecule has 1 N–H and O–H groups in total.